The van der Waals surface area contributed by atoms with Gasteiger partial charge in [0.2, 0.25) is 10.0 Å². The van der Waals surface area contributed by atoms with E-state index in [4.69, 9.17) is 4.74 Å². The number of methoxy groups -OCH3 is 1. The van der Waals surface area contributed by atoms with Crippen LogP contribution < -0.4 is 10.0 Å². The lowest BCUT2D eigenvalue weighted by Gasteiger charge is -2.30. The second kappa shape index (κ2) is 12.9. The summed E-state index contributed by atoms with van der Waals surface area (Å²) in [6.45, 7) is 2.70. The average Bonchev–Trinajstić information content (AvgIpc) is 2.81. The fourth-order valence-corrected chi connectivity index (χ4v) is 4.56. The fourth-order valence-electron chi connectivity index (χ4n) is 3.47. The smallest absolute Gasteiger partial charge is 0.240 e. The lowest BCUT2D eigenvalue weighted by atomic mass is 10.00. The van der Waals surface area contributed by atoms with Gasteiger partial charge in [-0.15, -0.1) is 24.0 Å². The molecule has 0 radical (unpaired) electrons. The van der Waals surface area contributed by atoms with Crippen LogP contribution in [0.4, 0.5) is 0 Å². The Morgan fingerprint density at radius 3 is 2.59 bits per heavy atom. The van der Waals surface area contributed by atoms with Gasteiger partial charge in [-0.1, -0.05) is 48.5 Å². The van der Waals surface area contributed by atoms with Gasteiger partial charge in [0.25, 0.3) is 0 Å². The van der Waals surface area contributed by atoms with Crippen molar-refractivity contribution in [2.24, 2.45) is 4.99 Å². The van der Waals surface area contributed by atoms with Crippen molar-refractivity contribution in [3.05, 3.63) is 71.8 Å². The fraction of sp³-hybridized carbons (Fsp3) is 0.348. The summed E-state index contributed by atoms with van der Waals surface area (Å²) in [4.78, 5) is 6.84. The molecule has 0 fully saturated rings. The highest BCUT2D eigenvalue weighted by Gasteiger charge is 2.17. The molecule has 2 aromatic carbocycles. The van der Waals surface area contributed by atoms with Gasteiger partial charge >= 0.3 is 0 Å². The highest BCUT2D eigenvalue weighted by Crippen LogP contribution is 2.22. The van der Waals surface area contributed by atoms with Gasteiger partial charge in [0.05, 0.1) is 11.5 Å². The Kier molecular flexibility index (Phi) is 10.6. The van der Waals surface area contributed by atoms with Crippen LogP contribution in [0.1, 0.15) is 17.5 Å². The maximum absolute atomic E-state index is 12.4. The van der Waals surface area contributed by atoms with Gasteiger partial charge in [0.1, 0.15) is 0 Å². The molecule has 0 spiro atoms. The molecule has 0 saturated heterocycles. The number of rotatable bonds is 8. The van der Waals surface area contributed by atoms with Gasteiger partial charge in [0.15, 0.2) is 5.96 Å². The van der Waals surface area contributed by atoms with Crippen molar-refractivity contribution in [1.29, 1.82) is 0 Å². The Labute approximate surface area is 208 Å². The number of aliphatic imine (C=N–C) groups is 1. The molecule has 2 N–H and O–H groups in total. The van der Waals surface area contributed by atoms with Crippen LogP contribution in [0.25, 0.3) is 5.57 Å². The number of guanidine groups is 1. The Morgan fingerprint density at radius 2 is 1.94 bits per heavy atom. The van der Waals surface area contributed by atoms with Crippen molar-refractivity contribution in [2.45, 2.75) is 17.9 Å². The maximum Gasteiger partial charge on any atom is 0.240 e. The van der Waals surface area contributed by atoms with E-state index in [1.807, 2.05) is 12.1 Å². The van der Waals surface area contributed by atoms with Crippen LogP contribution in [-0.2, 0) is 21.3 Å². The van der Waals surface area contributed by atoms with Crippen LogP contribution in [0.5, 0.6) is 0 Å². The molecule has 0 aromatic heterocycles. The van der Waals surface area contributed by atoms with Crippen LogP contribution in [0.2, 0.25) is 0 Å². The van der Waals surface area contributed by atoms with Crippen molar-refractivity contribution in [3.8, 4) is 0 Å². The topological polar surface area (TPSA) is 83.0 Å². The van der Waals surface area contributed by atoms with Crippen LogP contribution in [0, 0.1) is 0 Å². The quantitative estimate of drug-likeness (QED) is 0.221. The first-order chi connectivity index (χ1) is 15.0. The molecule has 0 unspecified atom stereocenters. The predicted octanol–water partition coefficient (Wildman–Crippen LogP) is 3.09. The zero-order chi connectivity index (χ0) is 22.1. The summed E-state index contributed by atoms with van der Waals surface area (Å²) in [5.74, 6) is 0.801. The average molecular weight is 570 g/mol. The van der Waals surface area contributed by atoms with Gasteiger partial charge in [0, 0.05) is 40.3 Å². The summed E-state index contributed by atoms with van der Waals surface area (Å²) in [6, 6.07) is 17.3. The standard InChI is InChI=1S/C23H30N4O3S.HI/c1-24-23(27-14-11-21(12-15-27)20-8-4-3-5-9-20)25-18-19-7-6-10-22(17-19)31(28,29)26-13-16-30-2;/h3-11,17,26H,12-16,18H2,1-2H3,(H,24,25);1H. The van der Waals surface area contributed by atoms with Gasteiger partial charge < -0.3 is 15.0 Å². The highest BCUT2D eigenvalue weighted by atomic mass is 127. The minimum atomic E-state index is -3.56. The third kappa shape index (κ3) is 7.29. The van der Waals surface area contributed by atoms with E-state index in [9.17, 15) is 8.42 Å². The molecular formula is C23H31IN4O3S. The molecule has 32 heavy (non-hydrogen) atoms. The monoisotopic (exact) mass is 570 g/mol. The third-order valence-corrected chi connectivity index (χ3v) is 6.58. The van der Waals surface area contributed by atoms with Gasteiger partial charge in [-0.2, -0.15) is 0 Å². The van der Waals surface area contributed by atoms with E-state index >= 15 is 0 Å². The van der Waals surface area contributed by atoms with Crippen LogP contribution >= 0.6 is 24.0 Å². The molecule has 2 aromatic rings. The van der Waals surface area contributed by atoms with Crippen molar-refractivity contribution in [3.63, 3.8) is 0 Å². The zero-order valence-corrected chi connectivity index (χ0v) is 21.6. The van der Waals surface area contributed by atoms with Crippen molar-refractivity contribution < 1.29 is 13.2 Å². The molecule has 0 saturated carbocycles. The summed E-state index contributed by atoms with van der Waals surface area (Å²) < 4.78 is 32.3. The van der Waals surface area contributed by atoms with Gasteiger partial charge in [-0.3, -0.25) is 4.99 Å². The van der Waals surface area contributed by atoms with E-state index in [0.717, 1.165) is 31.0 Å². The number of benzene rings is 2. The van der Waals surface area contributed by atoms with Gasteiger partial charge in [-0.05, 0) is 35.3 Å². The second-order valence-corrected chi connectivity index (χ2v) is 9.00. The first-order valence-electron chi connectivity index (χ1n) is 10.3. The molecule has 0 amide bonds. The Balaban J connectivity index is 0.00000363. The molecule has 0 aliphatic carbocycles. The van der Waals surface area contributed by atoms with Crippen LogP contribution in [0.15, 0.2) is 70.6 Å². The molecule has 1 heterocycles. The molecule has 3 rings (SSSR count). The Morgan fingerprint density at radius 1 is 1.16 bits per heavy atom. The Bertz CT molecular complexity index is 1030. The molecule has 0 bridgehead atoms. The van der Waals surface area contributed by atoms with E-state index in [1.54, 1.807) is 25.2 Å². The van der Waals surface area contributed by atoms with Crippen LogP contribution in [0.3, 0.4) is 0 Å². The number of nitrogens with one attached hydrogen (secondary N) is 2. The molecule has 9 heteroatoms. The first-order valence-corrected chi connectivity index (χ1v) is 11.8. The number of halogens is 1. The summed E-state index contributed by atoms with van der Waals surface area (Å²) in [6.07, 6.45) is 3.19. The normalized spacial score (nSPS) is 14.5. The number of hydrogen-bond donors (Lipinski definition) is 2. The lowest BCUT2D eigenvalue weighted by Crippen LogP contribution is -2.43. The molecule has 7 nitrogen and oxygen atoms in total. The molecule has 1 aliphatic heterocycles. The molecule has 0 atom stereocenters. The first kappa shape index (κ1) is 26.3. The second-order valence-electron chi connectivity index (χ2n) is 7.23. The van der Waals surface area contributed by atoms with Crippen molar-refractivity contribution >= 4 is 45.5 Å². The summed E-state index contributed by atoms with van der Waals surface area (Å²) in [5, 5.41) is 3.35. The van der Waals surface area contributed by atoms with Crippen molar-refractivity contribution in [1.82, 2.24) is 14.9 Å². The molecule has 1 aliphatic rings. The summed E-state index contributed by atoms with van der Waals surface area (Å²) in [7, 11) is -0.259. The van der Waals surface area contributed by atoms with E-state index in [2.05, 4.69) is 50.3 Å². The minimum absolute atomic E-state index is 0. The summed E-state index contributed by atoms with van der Waals surface area (Å²) >= 11 is 0. The van der Waals surface area contributed by atoms with Crippen molar-refractivity contribution in [2.75, 3.05) is 40.4 Å². The zero-order valence-electron chi connectivity index (χ0n) is 18.5. The summed E-state index contributed by atoms with van der Waals surface area (Å²) in [5.41, 5.74) is 3.49. The van der Waals surface area contributed by atoms with Crippen LogP contribution in [-0.4, -0.2) is 59.7 Å². The number of sulfonamides is 1. The lowest BCUT2D eigenvalue weighted by molar-refractivity contribution is 0.204. The SMILES string of the molecule is CN=C(NCc1cccc(S(=O)(=O)NCCOC)c1)N1CC=C(c2ccccc2)CC1.I. The third-order valence-electron chi connectivity index (χ3n) is 5.12. The largest absolute Gasteiger partial charge is 0.383 e. The van der Waals surface area contributed by atoms with E-state index < -0.39 is 10.0 Å². The Hall–Kier alpha value is -1.95. The molecular weight excluding hydrogens is 539 g/mol. The minimum Gasteiger partial charge on any atom is -0.383 e. The highest BCUT2D eigenvalue weighted by molar-refractivity contribution is 14.0. The number of nitrogens with zero attached hydrogens (tertiary/aromatic N) is 2. The molecule has 174 valence electrons. The van der Waals surface area contributed by atoms with E-state index in [-0.39, 0.29) is 35.4 Å². The predicted molar refractivity (Wildman–Crippen MR) is 140 cm³/mol. The van der Waals surface area contributed by atoms with Gasteiger partial charge in [-0.25, -0.2) is 13.1 Å². The van der Waals surface area contributed by atoms with E-state index in [1.165, 1.54) is 18.2 Å². The number of hydrogen-bond acceptors (Lipinski definition) is 4. The van der Waals surface area contributed by atoms with E-state index in [0.29, 0.717) is 13.2 Å². The maximum atomic E-state index is 12.4. The number of ether oxygens (including phenoxy) is 1.